The molecule has 0 saturated heterocycles. The zero-order valence-corrected chi connectivity index (χ0v) is 21.6. The topological polar surface area (TPSA) is 119 Å². The lowest BCUT2D eigenvalue weighted by Crippen LogP contribution is -2.38. The van der Waals surface area contributed by atoms with E-state index in [9.17, 15) is 22.8 Å². The number of amides is 3. The van der Waals surface area contributed by atoms with Crippen LogP contribution >= 0.6 is 11.3 Å². The maximum absolute atomic E-state index is 13.5. The highest BCUT2D eigenvalue weighted by molar-refractivity contribution is 7.90. The average molecular weight is 509 g/mol. The molecule has 1 atom stereocenters. The van der Waals surface area contributed by atoms with E-state index in [-0.39, 0.29) is 22.0 Å². The number of hydrogen-bond donors (Lipinski definition) is 1. The number of rotatable bonds is 8. The molecule has 1 aromatic carbocycles. The first-order chi connectivity index (χ1) is 15.8. The number of methoxy groups -OCH3 is 1. The van der Waals surface area contributed by atoms with Crippen LogP contribution in [0.3, 0.4) is 0 Å². The second-order valence-corrected chi connectivity index (χ2v) is 12.1. The summed E-state index contributed by atoms with van der Waals surface area (Å²) in [5, 5.41) is 4.49. The molecule has 1 aliphatic rings. The van der Waals surface area contributed by atoms with Crippen LogP contribution in [-0.4, -0.2) is 56.8 Å². The molecule has 184 valence electrons. The van der Waals surface area contributed by atoms with Crippen molar-refractivity contribution >= 4 is 43.9 Å². The van der Waals surface area contributed by atoms with E-state index in [2.05, 4.69) is 5.32 Å². The average Bonchev–Trinajstić information content (AvgIpc) is 3.25. The Bertz CT molecular complexity index is 1240. The van der Waals surface area contributed by atoms with Crippen molar-refractivity contribution in [2.75, 3.05) is 31.0 Å². The fourth-order valence-corrected chi connectivity index (χ4v) is 5.35. The van der Waals surface area contributed by atoms with E-state index in [1.165, 1.54) is 12.5 Å². The zero-order valence-electron chi connectivity index (χ0n) is 19.9. The molecule has 9 nitrogen and oxygen atoms in total. The van der Waals surface area contributed by atoms with E-state index in [1.54, 1.807) is 45.9 Å². The smallest absolute Gasteiger partial charge is 0.265 e. The summed E-state index contributed by atoms with van der Waals surface area (Å²) in [6.07, 6.45) is 1.04. The molecule has 0 spiro atoms. The molecule has 11 heteroatoms. The number of carbonyl (C=O) groups excluding carboxylic acids is 3. The summed E-state index contributed by atoms with van der Waals surface area (Å²) in [7, 11) is -2.12. The van der Waals surface area contributed by atoms with Gasteiger partial charge in [0.2, 0.25) is 5.91 Å². The molecular formula is C23H28N2O7S2. The predicted molar refractivity (Wildman–Crippen MR) is 130 cm³/mol. The van der Waals surface area contributed by atoms with Crippen molar-refractivity contribution in [1.29, 1.82) is 0 Å². The number of sulfone groups is 1. The summed E-state index contributed by atoms with van der Waals surface area (Å²) in [4.78, 5) is 40.2. The minimum absolute atomic E-state index is 0.0737. The lowest BCUT2D eigenvalue weighted by molar-refractivity contribution is -0.123. The van der Waals surface area contributed by atoms with Gasteiger partial charge in [0.15, 0.2) is 11.5 Å². The minimum Gasteiger partial charge on any atom is -0.493 e. The van der Waals surface area contributed by atoms with Gasteiger partial charge >= 0.3 is 0 Å². The Labute approximate surface area is 203 Å². The standard InChI is InChI=1S/C23H28N2O7S2/c1-7-32-17-10-13(8-9-16(17)31-5)15(12-34(6,29)30)25-20(26)14-11-33-19(18(14)21(25)27)24-22(28)23(2,3)4/h8-11,15H,7,12H2,1-6H3,(H,24,28)/t15-/m1/s1. The number of fused-ring (bicyclic) bond motifs is 1. The number of ether oxygens (including phenoxy) is 2. The van der Waals surface area contributed by atoms with Gasteiger partial charge in [-0.05, 0) is 24.6 Å². The molecule has 0 radical (unpaired) electrons. The van der Waals surface area contributed by atoms with Crippen molar-refractivity contribution in [3.8, 4) is 11.5 Å². The third-order valence-electron chi connectivity index (χ3n) is 5.23. The molecule has 0 aliphatic carbocycles. The minimum atomic E-state index is -3.60. The van der Waals surface area contributed by atoms with E-state index in [0.29, 0.717) is 23.7 Å². The third kappa shape index (κ3) is 5.10. The Morgan fingerprint density at radius 2 is 1.85 bits per heavy atom. The highest BCUT2D eigenvalue weighted by Gasteiger charge is 2.45. The van der Waals surface area contributed by atoms with E-state index in [0.717, 1.165) is 22.5 Å². The number of carbonyl (C=O) groups is 3. The van der Waals surface area contributed by atoms with E-state index in [4.69, 9.17) is 9.47 Å². The van der Waals surface area contributed by atoms with Gasteiger partial charge in [0.25, 0.3) is 11.8 Å². The highest BCUT2D eigenvalue weighted by atomic mass is 32.2. The molecule has 3 amide bonds. The monoisotopic (exact) mass is 508 g/mol. The van der Waals surface area contributed by atoms with Crippen LogP contribution in [0.25, 0.3) is 0 Å². The number of imide groups is 1. The van der Waals surface area contributed by atoms with Crippen molar-refractivity contribution in [3.63, 3.8) is 0 Å². The van der Waals surface area contributed by atoms with Gasteiger partial charge in [-0.15, -0.1) is 11.3 Å². The van der Waals surface area contributed by atoms with Crippen LogP contribution in [0.5, 0.6) is 11.5 Å². The maximum atomic E-state index is 13.5. The largest absolute Gasteiger partial charge is 0.493 e. The van der Waals surface area contributed by atoms with Gasteiger partial charge in [0, 0.05) is 17.1 Å². The first-order valence-electron chi connectivity index (χ1n) is 10.6. The van der Waals surface area contributed by atoms with E-state index in [1.807, 2.05) is 0 Å². The summed E-state index contributed by atoms with van der Waals surface area (Å²) < 4.78 is 35.5. The van der Waals surface area contributed by atoms with Crippen molar-refractivity contribution in [2.45, 2.75) is 33.7 Å². The van der Waals surface area contributed by atoms with Gasteiger partial charge in [-0.3, -0.25) is 19.3 Å². The number of thiophene rings is 1. The second-order valence-electron chi connectivity index (χ2n) is 8.99. The molecule has 1 aromatic heterocycles. The zero-order chi connectivity index (χ0) is 25.4. The number of nitrogens with zero attached hydrogens (tertiary/aromatic N) is 1. The quantitative estimate of drug-likeness (QED) is 0.542. The Morgan fingerprint density at radius 3 is 2.41 bits per heavy atom. The lowest BCUT2D eigenvalue weighted by Gasteiger charge is -2.27. The van der Waals surface area contributed by atoms with Gasteiger partial charge in [-0.25, -0.2) is 8.42 Å². The maximum Gasteiger partial charge on any atom is 0.265 e. The Balaban J connectivity index is 2.06. The molecule has 0 fully saturated rings. The molecule has 0 unspecified atom stereocenters. The number of hydrogen-bond acceptors (Lipinski definition) is 8. The summed E-state index contributed by atoms with van der Waals surface area (Å²) in [6, 6.07) is 3.69. The fourth-order valence-electron chi connectivity index (χ4n) is 3.51. The van der Waals surface area contributed by atoms with Crippen LogP contribution in [-0.2, 0) is 14.6 Å². The molecule has 2 aromatic rings. The highest BCUT2D eigenvalue weighted by Crippen LogP contribution is 2.41. The second kappa shape index (κ2) is 9.38. The molecule has 0 saturated carbocycles. The van der Waals surface area contributed by atoms with Crippen molar-refractivity contribution in [3.05, 3.63) is 40.3 Å². The first kappa shape index (κ1) is 25.7. The van der Waals surface area contributed by atoms with Crippen LogP contribution in [0.4, 0.5) is 5.00 Å². The molecule has 1 aliphatic heterocycles. The van der Waals surface area contributed by atoms with Crippen LogP contribution in [0, 0.1) is 5.41 Å². The van der Waals surface area contributed by atoms with E-state index < -0.39 is 38.9 Å². The molecule has 2 heterocycles. The third-order valence-corrected chi connectivity index (χ3v) is 7.04. The summed E-state index contributed by atoms with van der Waals surface area (Å²) in [5.74, 6) is -1.25. The number of nitrogens with one attached hydrogen (secondary N) is 1. The lowest BCUT2D eigenvalue weighted by atomic mass is 9.96. The SMILES string of the molecule is CCOc1cc([C@@H](CS(C)(=O)=O)N2C(=O)c3csc(NC(=O)C(C)(C)C)c3C2=O)ccc1OC. The van der Waals surface area contributed by atoms with Gasteiger partial charge in [-0.2, -0.15) is 0 Å². The Morgan fingerprint density at radius 1 is 1.18 bits per heavy atom. The molecule has 3 rings (SSSR count). The normalized spacial score (nSPS) is 14.7. The summed E-state index contributed by atoms with van der Waals surface area (Å²) in [5.41, 5.74) is -0.0915. The van der Waals surface area contributed by atoms with Gasteiger partial charge in [0.05, 0.1) is 36.6 Å². The Hall–Kier alpha value is -2.92. The van der Waals surface area contributed by atoms with Crippen LogP contribution in [0.2, 0.25) is 0 Å². The van der Waals surface area contributed by atoms with Gasteiger partial charge in [-0.1, -0.05) is 26.8 Å². The summed E-state index contributed by atoms with van der Waals surface area (Å²) >= 11 is 1.09. The first-order valence-corrected chi connectivity index (χ1v) is 13.5. The molecule has 1 N–H and O–H groups in total. The summed E-state index contributed by atoms with van der Waals surface area (Å²) in [6.45, 7) is 7.33. The van der Waals surface area contributed by atoms with Crippen molar-refractivity contribution in [2.24, 2.45) is 5.41 Å². The van der Waals surface area contributed by atoms with Gasteiger partial charge < -0.3 is 14.8 Å². The predicted octanol–water partition coefficient (Wildman–Crippen LogP) is 3.52. The number of benzene rings is 1. The molecular weight excluding hydrogens is 480 g/mol. The van der Waals surface area contributed by atoms with Crippen molar-refractivity contribution < 1.29 is 32.3 Å². The van der Waals surface area contributed by atoms with Gasteiger partial charge in [0.1, 0.15) is 14.8 Å². The Kier molecular flexibility index (Phi) is 7.09. The molecule has 0 bridgehead atoms. The van der Waals surface area contributed by atoms with E-state index >= 15 is 0 Å². The fraction of sp³-hybridized carbons (Fsp3) is 0.435. The van der Waals surface area contributed by atoms with Crippen molar-refractivity contribution in [1.82, 2.24) is 4.90 Å². The van der Waals surface area contributed by atoms with Crippen LogP contribution in [0.1, 0.15) is 60.0 Å². The van der Waals surface area contributed by atoms with Crippen LogP contribution < -0.4 is 14.8 Å². The molecule has 34 heavy (non-hydrogen) atoms. The number of anilines is 1. The van der Waals surface area contributed by atoms with Crippen LogP contribution in [0.15, 0.2) is 23.6 Å².